The van der Waals surface area contributed by atoms with Crippen molar-refractivity contribution in [3.8, 4) is 0 Å². The van der Waals surface area contributed by atoms with Crippen LogP contribution in [0.1, 0.15) is 83.9 Å². The van der Waals surface area contributed by atoms with Crippen LogP contribution >= 0.6 is 0 Å². The molecular weight excluding hydrogens is 841 g/mol. The van der Waals surface area contributed by atoms with Gasteiger partial charge >= 0.3 is 18.3 Å². The fraction of sp³-hybridized carbons (Fsp3) is 0.460. The van der Waals surface area contributed by atoms with Crippen molar-refractivity contribution in [2.45, 2.75) is 110 Å². The number of amides is 4. The normalized spacial score (nSPS) is 12.6. The molecule has 16 nitrogen and oxygen atoms in total. The topological polar surface area (TPSA) is 206 Å². The molecule has 356 valence electrons. The highest BCUT2D eigenvalue weighted by Crippen LogP contribution is 2.24. The number of para-hydroxylation sites is 2. The molecule has 5 rings (SSSR count). The number of unbranched alkanes of at least 4 members (excludes halogenated alkanes) is 1. The van der Waals surface area contributed by atoms with Gasteiger partial charge in [0.1, 0.15) is 29.9 Å². The number of rotatable bonds is 23. The first-order chi connectivity index (χ1) is 31.6. The lowest BCUT2D eigenvalue weighted by Gasteiger charge is -2.23. The first-order valence-corrected chi connectivity index (χ1v) is 22.9. The van der Waals surface area contributed by atoms with Crippen LogP contribution in [0.15, 0.2) is 91.3 Å². The molecule has 2 heterocycles. The van der Waals surface area contributed by atoms with Crippen molar-refractivity contribution in [1.29, 1.82) is 0 Å². The van der Waals surface area contributed by atoms with E-state index in [1.807, 2.05) is 85.1 Å². The third kappa shape index (κ3) is 16.9. The molecule has 0 aliphatic carbocycles. The van der Waals surface area contributed by atoms with E-state index in [0.29, 0.717) is 43.6 Å². The van der Waals surface area contributed by atoms with Crippen molar-refractivity contribution in [3.05, 3.63) is 108 Å². The molecule has 5 aromatic rings. The molecule has 0 saturated heterocycles. The number of H-pyrrole nitrogens is 1. The summed E-state index contributed by atoms with van der Waals surface area (Å²) in [5.41, 5.74) is 2.62. The third-order valence-electron chi connectivity index (χ3n) is 10.4. The highest BCUT2D eigenvalue weighted by Gasteiger charge is 2.28. The van der Waals surface area contributed by atoms with E-state index in [4.69, 9.17) is 14.2 Å². The largest absolute Gasteiger partial charge is 0.444 e. The van der Waals surface area contributed by atoms with Crippen LogP contribution in [0.3, 0.4) is 0 Å². The second kappa shape index (κ2) is 24.8. The van der Waals surface area contributed by atoms with Crippen molar-refractivity contribution in [2.75, 3.05) is 39.3 Å². The van der Waals surface area contributed by atoms with Crippen molar-refractivity contribution in [1.82, 2.24) is 41.5 Å². The van der Waals surface area contributed by atoms with Crippen molar-refractivity contribution in [2.24, 2.45) is 0 Å². The van der Waals surface area contributed by atoms with Crippen molar-refractivity contribution < 1.29 is 38.2 Å². The predicted molar refractivity (Wildman–Crippen MR) is 256 cm³/mol. The Labute approximate surface area is 387 Å². The van der Waals surface area contributed by atoms with Crippen LogP contribution in [0.5, 0.6) is 0 Å². The summed E-state index contributed by atoms with van der Waals surface area (Å²) in [6, 6.07) is 22.9. The quantitative estimate of drug-likeness (QED) is 0.0268. The molecule has 16 heteroatoms. The van der Waals surface area contributed by atoms with Crippen LogP contribution in [0, 0.1) is 0 Å². The van der Waals surface area contributed by atoms with Crippen molar-refractivity contribution >= 4 is 51.9 Å². The summed E-state index contributed by atoms with van der Waals surface area (Å²) in [5.74, 6) is -0.633. The molecule has 66 heavy (non-hydrogen) atoms. The Bertz CT molecular complexity index is 2350. The lowest BCUT2D eigenvalue weighted by molar-refractivity contribution is -0.123. The van der Waals surface area contributed by atoms with Gasteiger partial charge < -0.3 is 51.1 Å². The van der Waals surface area contributed by atoms with Gasteiger partial charge in [0, 0.05) is 54.6 Å². The van der Waals surface area contributed by atoms with Crippen LogP contribution in [-0.2, 0) is 43.2 Å². The Hall–Kier alpha value is -6.39. The molecule has 0 unspecified atom stereocenters. The smallest absolute Gasteiger partial charge is 0.418 e. The number of aromatic nitrogens is 2. The number of hydrogen-bond donors (Lipinski definition) is 7. The standard InChI is InChI=1S/C50H68N8O8/c1-49(2,3)65-46(61)56-41(30-36-32-55-40-22-12-10-20-38(36)40)44(59)53-28-16-26-51-24-14-15-25-52-27-17-29-54-45(60)42(57-47(62)66-50(4,5)6)31-37-33-58(43-23-13-11-21-39(37)43)48(63)64-34-35-18-8-7-9-19-35/h7-13,18-23,32-33,41-42,51-52,55H,14-17,24-31,34H2,1-6H3,(H,53,59)(H,54,60)(H,56,61)(H,57,62)/t41-,42-/m0/s1. The monoisotopic (exact) mass is 909 g/mol. The molecule has 7 N–H and O–H groups in total. The molecule has 0 bridgehead atoms. The van der Waals surface area contributed by atoms with E-state index >= 15 is 0 Å². The summed E-state index contributed by atoms with van der Waals surface area (Å²) in [4.78, 5) is 68.8. The molecule has 4 amide bonds. The van der Waals surface area contributed by atoms with Crippen LogP contribution in [0.25, 0.3) is 21.8 Å². The van der Waals surface area contributed by atoms with E-state index in [1.165, 1.54) is 4.57 Å². The van der Waals surface area contributed by atoms with Crippen LogP contribution < -0.4 is 31.9 Å². The molecule has 0 aliphatic heterocycles. The lowest BCUT2D eigenvalue weighted by atomic mass is 10.0. The van der Waals surface area contributed by atoms with E-state index < -0.39 is 41.6 Å². The van der Waals surface area contributed by atoms with Crippen LogP contribution in [-0.4, -0.2) is 102 Å². The van der Waals surface area contributed by atoms with Gasteiger partial charge in [-0.1, -0.05) is 66.7 Å². The maximum Gasteiger partial charge on any atom is 0.418 e. The minimum atomic E-state index is -0.967. The first-order valence-electron chi connectivity index (χ1n) is 22.9. The first kappa shape index (κ1) is 50.6. The SMILES string of the molecule is CC(C)(C)OC(=O)N[C@@H](Cc1c[nH]c2ccccc12)C(=O)NCCCNCCCCNCCCNC(=O)[C@H](Cc1cn(C(=O)OCc2ccccc2)c2ccccc12)NC(=O)OC(C)(C)C. The van der Waals surface area contributed by atoms with E-state index in [1.54, 1.807) is 47.7 Å². The molecule has 0 saturated carbocycles. The number of carbonyl (C=O) groups excluding carboxylic acids is 5. The Morgan fingerprint density at radius 2 is 1.09 bits per heavy atom. The van der Waals surface area contributed by atoms with Gasteiger partial charge in [-0.15, -0.1) is 0 Å². The summed E-state index contributed by atoms with van der Waals surface area (Å²) >= 11 is 0. The molecule has 3 aromatic carbocycles. The summed E-state index contributed by atoms with van der Waals surface area (Å²) in [5, 5.41) is 20.0. The number of alkyl carbamates (subject to hydrolysis) is 2. The zero-order valence-electron chi connectivity index (χ0n) is 39.2. The maximum atomic E-state index is 13.6. The predicted octanol–water partition coefficient (Wildman–Crippen LogP) is 6.85. The number of aromatic amines is 1. The Kier molecular flexibility index (Phi) is 19.0. The Balaban J connectivity index is 0.988. The van der Waals surface area contributed by atoms with Crippen LogP contribution in [0.4, 0.5) is 14.4 Å². The molecule has 2 atom stereocenters. The lowest BCUT2D eigenvalue weighted by Crippen LogP contribution is -2.49. The van der Waals surface area contributed by atoms with Crippen molar-refractivity contribution in [3.63, 3.8) is 0 Å². The molecule has 0 fully saturated rings. The van der Waals surface area contributed by atoms with Gasteiger partial charge in [-0.2, -0.15) is 0 Å². The number of nitrogens with zero attached hydrogens (tertiary/aromatic N) is 1. The van der Waals surface area contributed by atoms with E-state index in [2.05, 4.69) is 36.9 Å². The zero-order valence-corrected chi connectivity index (χ0v) is 39.2. The fourth-order valence-electron chi connectivity index (χ4n) is 7.26. The van der Waals surface area contributed by atoms with Crippen LogP contribution in [0.2, 0.25) is 0 Å². The molecular formula is C50H68N8O8. The van der Waals surface area contributed by atoms with Gasteiger partial charge in [0.15, 0.2) is 0 Å². The zero-order chi connectivity index (χ0) is 47.5. The summed E-state index contributed by atoms with van der Waals surface area (Å²) in [6.07, 6.45) is 5.37. The Morgan fingerprint density at radius 3 is 1.67 bits per heavy atom. The number of hydrogen-bond acceptors (Lipinski definition) is 10. The highest BCUT2D eigenvalue weighted by molar-refractivity contribution is 5.93. The number of benzene rings is 3. The summed E-state index contributed by atoms with van der Waals surface area (Å²) in [7, 11) is 0. The number of nitrogens with one attached hydrogen (secondary N) is 7. The second-order valence-electron chi connectivity index (χ2n) is 18.2. The van der Waals surface area contributed by atoms with Gasteiger partial charge in [0.05, 0.1) is 5.52 Å². The number of ether oxygens (including phenoxy) is 3. The fourth-order valence-corrected chi connectivity index (χ4v) is 7.26. The van der Waals surface area contributed by atoms with Gasteiger partial charge in [-0.05, 0) is 122 Å². The highest BCUT2D eigenvalue weighted by atomic mass is 16.6. The van der Waals surface area contributed by atoms with Gasteiger partial charge in [-0.25, -0.2) is 14.4 Å². The van der Waals surface area contributed by atoms with Gasteiger partial charge in [-0.3, -0.25) is 14.2 Å². The maximum absolute atomic E-state index is 13.6. The van der Waals surface area contributed by atoms with Gasteiger partial charge in [0.2, 0.25) is 11.8 Å². The summed E-state index contributed by atoms with van der Waals surface area (Å²) < 4.78 is 18.0. The number of fused-ring (bicyclic) bond motifs is 2. The van der Waals surface area contributed by atoms with E-state index in [9.17, 15) is 24.0 Å². The Morgan fingerprint density at radius 1 is 0.591 bits per heavy atom. The molecule has 2 aromatic heterocycles. The average Bonchev–Trinajstić information content (AvgIpc) is 3.85. The van der Waals surface area contributed by atoms with E-state index in [-0.39, 0.29) is 24.8 Å². The van der Waals surface area contributed by atoms with E-state index in [0.717, 1.165) is 66.3 Å². The van der Waals surface area contributed by atoms with Gasteiger partial charge in [0.25, 0.3) is 0 Å². The minimum Gasteiger partial charge on any atom is -0.444 e. The average molecular weight is 909 g/mol. The third-order valence-corrected chi connectivity index (χ3v) is 10.4. The molecule has 0 aliphatic rings. The molecule has 0 spiro atoms. The summed E-state index contributed by atoms with van der Waals surface area (Å²) in [6.45, 7) is 14.6. The molecule has 0 radical (unpaired) electrons. The minimum absolute atomic E-state index is 0.110. The number of carbonyl (C=O) groups is 5. The second-order valence-corrected chi connectivity index (χ2v) is 18.2.